The number of hydrogen-bond acceptors (Lipinski definition) is 3. The molecule has 110 valence electrons. The molecule has 0 bridgehead atoms. The normalized spacial score (nSPS) is 10.2. The summed E-state index contributed by atoms with van der Waals surface area (Å²) in [4.78, 5) is 12.5. The Morgan fingerprint density at radius 2 is 1.57 bits per heavy atom. The van der Waals surface area contributed by atoms with Gasteiger partial charge in [-0.05, 0) is 45.0 Å². The third-order valence-electron chi connectivity index (χ3n) is 3.09. The van der Waals surface area contributed by atoms with Gasteiger partial charge in [0, 0.05) is 11.1 Å². The number of ketones is 1. The molecule has 0 aromatic heterocycles. The van der Waals surface area contributed by atoms with Crippen LogP contribution in [0.4, 0.5) is 0 Å². The Hall–Kier alpha value is -2.29. The van der Waals surface area contributed by atoms with E-state index in [-0.39, 0.29) is 5.78 Å². The van der Waals surface area contributed by atoms with Gasteiger partial charge in [0.25, 0.3) is 0 Å². The van der Waals surface area contributed by atoms with Crippen LogP contribution in [0.15, 0.2) is 42.5 Å². The quantitative estimate of drug-likeness (QED) is 0.751. The number of ether oxygens (including phenoxy) is 2. The summed E-state index contributed by atoms with van der Waals surface area (Å²) in [7, 11) is 0. The van der Waals surface area contributed by atoms with Crippen molar-refractivity contribution < 1.29 is 14.3 Å². The smallest absolute Gasteiger partial charge is 0.193 e. The van der Waals surface area contributed by atoms with E-state index in [2.05, 4.69) is 0 Å². The van der Waals surface area contributed by atoms with Crippen LogP contribution in [-0.2, 0) is 0 Å². The molecule has 0 amide bonds. The van der Waals surface area contributed by atoms with E-state index in [1.807, 2.05) is 45.0 Å². The van der Waals surface area contributed by atoms with Crippen LogP contribution in [0.25, 0.3) is 0 Å². The van der Waals surface area contributed by atoms with Crippen molar-refractivity contribution in [2.24, 2.45) is 0 Å². The van der Waals surface area contributed by atoms with Gasteiger partial charge in [-0.15, -0.1) is 0 Å². The van der Waals surface area contributed by atoms with Gasteiger partial charge < -0.3 is 9.47 Å². The summed E-state index contributed by atoms with van der Waals surface area (Å²) in [5, 5.41) is 0. The van der Waals surface area contributed by atoms with Crippen molar-refractivity contribution >= 4 is 5.78 Å². The van der Waals surface area contributed by atoms with Crippen LogP contribution in [0.5, 0.6) is 11.5 Å². The van der Waals surface area contributed by atoms with E-state index in [1.165, 1.54) is 0 Å². The molecule has 21 heavy (non-hydrogen) atoms. The summed E-state index contributed by atoms with van der Waals surface area (Å²) >= 11 is 0. The lowest BCUT2D eigenvalue weighted by Crippen LogP contribution is -2.04. The molecule has 0 saturated carbocycles. The van der Waals surface area contributed by atoms with Crippen LogP contribution in [0.3, 0.4) is 0 Å². The fourth-order valence-electron chi connectivity index (χ4n) is 2.15. The average molecular weight is 284 g/mol. The fourth-order valence-corrected chi connectivity index (χ4v) is 2.15. The first-order chi connectivity index (χ1) is 10.2. The highest BCUT2D eigenvalue weighted by Gasteiger charge is 2.13. The number of carbonyl (C=O) groups is 1. The monoisotopic (exact) mass is 284 g/mol. The van der Waals surface area contributed by atoms with Gasteiger partial charge in [-0.3, -0.25) is 4.79 Å². The van der Waals surface area contributed by atoms with Gasteiger partial charge in [0.1, 0.15) is 0 Å². The first kappa shape index (κ1) is 15.1. The van der Waals surface area contributed by atoms with Crippen molar-refractivity contribution in [1.82, 2.24) is 0 Å². The van der Waals surface area contributed by atoms with Crippen molar-refractivity contribution in [1.29, 1.82) is 0 Å². The zero-order chi connectivity index (χ0) is 15.2. The Bertz CT molecular complexity index is 632. The topological polar surface area (TPSA) is 35.5 Å². The Labute approximate surface area is 125 Å². The van der Waals surface area contributed by atoms with Crippen LogP contribution in [0, 0.1) is 6.92 Å². The molecule has 2 rings (SSSR count). The molecule has 2 aromatic carbocycles. The molecule has 0 fully saturated rings. The first-order valence-electron chi connectivity index (χ1n) is 7.16. The minimum absolute atomic E-state index is 0.0114. The SMILES string of the molecule is CCOc1ccc(C(=O)c2cccc(C)c2)cc1OCC. The van der Waals surface area contributed by atoms with Crippen molar-refractivity contribution in [2.45, 2.75) is 20.8 Å². The summed E-state index contributed by atoms with van der Waals surface area (Å²) in [6.07, 6.45) is 0. The molecule has 0 heterocycles. The molecular formula is C18H20O3. The molecule has 3 nitrogen and oxygen atoms in total. The Balaban J connectivity index is 2.35. The van der Waals surface area contributed by atoms with Gasteiger partial charge in [0.15, 0.2) is 17.3 Å². The molecule has 0 aliphatic rings. The Morgan fingerprint density at radius 3 is 2.24 bits per heavy atom. The van der Waals surface area contributed by atoms with Crippen LogP contribution in [0.2, 0.25) is 0 Å². The van der Waals surface area contributed by atoms with Crippen LogP contribution < -0.4 is 9.47 Å². The number of rotatable bonds is 6. The van der Waals surface area contributed by atoms with Crippen LogP contribution in [0.1, 0.15) is 35.3 Å². The molecule has 0 unspecified atom stereocenters. The lowest BCUT2D eigenvalue weighted by molar-refractivity contribution is 0.103. The van der Waals surface area contributed by atoms with Gasteiger partial charge in [0.2, 0.25) is 0 Å². The maximum atomic E-state index is 12.5. The molecule has 2 aromatic rings. The predicted octanol–water partition coefficient (Wildman–Crippen LogP) is 4.02. The third-order valence-corrected chi connectivity index (χ3v) is 3.09. The highest BCUT2D eigenvalue weighted by atomic mass is 16.5. The minimum atomic E-state index is -0.0114. The third kappa shape index (κ3) is 3.63. The molecule has 0 N–H and O–H groups in total. The van der Waals surface area contributed by atoms with Gasteiger partial charge in [-0.1, -0.05) is 23.8 Å². The molecular weight excluding hydrogens is 264 g/mol. The Kier molecular flexibility index (Phi) is 4.99. The summed E-state index contributed by atoms with van der Waals surface area (Å²) in [5.41, 5.74) is 2.35. The van der Waals surface area contributed by atoms with E-state index in [0.717, 1.165) is 5.56 Å². The summed E-state index contributed by atoms with van der Waals surface area (Å²) in [5.74, 6) is 1.26. The first-order valence-corrected chi connectivity index (χ1v) is 7.16. The van der Waals surface area contributed by atoms with Crippen molar-refractivity contribution in [2.75, 3.05) is 13.2 Å². The number of carbonyl (C=O) groups excluding carboxylic acids is 1. The second-order valence-corrected chi connectivity index (χ2v) is 4.73. The maximum Gasteiger partial charge on any atom is 0.193 e. The highest BCUT2D eigenvalue weighted by molar-refractivity contribution is 6.09. The summed E-state index contributed by atoms with van der Waals surface area (Å²) < 4.78 is 11.1. The van der Waals surface area contributed by atoms with Gasteiger partial charge in [-0.25, -0.2) is 0 Å². The van der Waals surface area contributed by atoms with Crippen molar-refractivity contribution in [3.05, 3.63) is 59.2 Å². The maximum absolute atomic E-state index is 12.5. The minimum Gasteiger partial charge on any atom is -0.490 e. The molecule has 0 saturated heterocycles. The van der Waals surface area contributed by atoms with Crippen LogP contribution in [-0.4, -0.2) is 19.0 Å². The largest absolute Gasteiger partial charge is 0.490 e. The predicted molar refractivity (Wildman–Crippen MR) is 83.4 cm³/mol. The molecule has 3 heteroatoms. The van der Waals surface area contributed by atoms with Gasteiger partial charge in [-0.2, -0.15) is 0 Å². The van der Waals surface area contributed by atoms with E-state index in [1.54, 1.807) is 18.2 Å². The van der Waals surface area contributed by atoms with E-state index >= 15 is 0 Å². The van der Waals surface area contributed by atoms with Gasteiger partial charge in [0.05, 0.1) is 13.2 Å². The zero-order valence-corrected chi connectivity index (χ0v) is 12.7. The summed E-state index contributed by atoms with van der Waals surface area (Å²) in [6, 6.07) is 12.9. The molecule has 0 aliphatic carbocycles. The lowest BCUT2D eigenvalue weighted by atomic mass is 10.0. The summed E-state index contributed by atoms with van der Waals surface area (Å²) in [6.45, 7) is 6.89. The zero-order valence-electron chi connectivity index (χ0n) is 12.7. The van der Waals surface area contributed by atoms with Gasteiger partial charge >= 0.3 is 0 Å². The van der Waals surface area contributed by atoms with E-state index in [4.69, 9.17) is 9.47 Å². The number of hydrogen-bond donors (Lipinski definition) is 0. The second kappa shape index (κ2) is 6.93. The van der Waals surface area contributed by atoms with E-state index in [0.29, 0.717) is 35.8 Å². The van der Waals surface area contributed by atoms with Crippen LogP contribution >= 0.6 is 0 Å². The molecule has 0 radical (unpaired) electrons. The second-order valence-electron chi connectivity index (χ2n) is 4.73. The molecule has 0 spiro atoms. The highest BCUT2D eigenvalue weighted by Crippen LogP contribution is 2.29. The molecule has 0 atom stereocenters. The number of benzene rings is 2. The van der Waals surface area contributed by atoms with E-state index < -0.39 is 0 Å². The van der Waals surface area contributed by atoms with E-state index in [9.17, 15) is 4.79 Å². The van der Waals surface area contributed by atoms with Crippen molar-refractivity contribution in [3.63, 3.8) is 0 Å². The number of aryl methyl sites for hydroxylation is 1. The molecule has 0 aliphatic heterocycles. The average Bonchev–Trinajstić information content (AvgIpc) is 2.49. The Morgan fingerprint density at radius 1 is 0.905 bits per heavy atom. The van der Waals surface area contributed by atoms with Crippen molar-refractivity contribution in [3.8, 4) is 11.5 Å². The standard InChI is InChI=1S/C18H20O3/c1-4-20-16-10-9-15(12-17(16)21-5-2)18(19)14-8-6-7-13(3)11-14/h6-12H,4-5H2,1-3H3. The lowest BCUT2D eigenvalue weighted by Gasteiger charge is -2.12. The fraction of sp³-hybridized carbons (Fsp3) is 0.278.